The van der Waals surface area contributed by atoms with Crippen LogP contribution in [0.25, 0.3) is 0 Å². The molecule has 1 aromatic rings. The molecule has 0 aliphatic rings. The highest BCUT2D eigenvalue weighted by Gasteiger charge is 2.10. The van der Waals surface area contributed by atoms with E-state index in [1.807, 2.05) is 12.1 Å². The largest absolute Gasteiger partial charge is 0.0921 e. The standard InChI is InChI=1S/C13H18BrCl/c1-10(2)6-7-12(9-14)11-4-3-5-13(15)8-11/h3-5,8,10,12H,6-7,9H2,1-2H3. The number of hydrogen-bond acceptors (Lipinski definition) is 0. The van der Waals surface area contributed by atoms with Gasteiger partial charge in [0.25, 0.3) is 0 Å². The van der Waals surface area contributed by atoms with E-state index in [0.29, 0.717) is 5.92 Å². The molecule has 0 radical (unpaired) electrons. The van der Waals surface area contributed by atoms with Gasteiger partial charge >= 0.3 is 0 Å². The highest BCUT2D eigenvalue weighted by Crippen LogP contribution is 2.27. The molecule has 0 saturated heterocycles. The zero-order chi connectivity index (χ0) is 11.3. The van der Waals surface area contributed by atoms with E-state index >= 15 is 0 Å². The second kappa shape index (κ2) is 6.55. The van der Waals surface area contributed by atoms with Crippen LogP contribution >= 0.6 is 27.5 Å². The normalized spacial score (nSPS) is 13.1. The second-order valence-corrected chi connectivity index (χ2v) is 5.46. The van der Waals surface area contributed by atoms with Crippen molar-refractivity contribution in [1.29, 1.82) is 0 Å². The van der Waals surface area contributed by atoms with E-state index in [1.54, 1.807) is 0 Å². The van der Waals surface area contributed by atoms with E-state index in [4.69, 9.17) is 11.6 Å². The lowest BCUT2D eigenvalue weighted by atomic mass is 9.93. The molecule has 2 heteroatoms. The molecule has 0 bridgehead atoms. The van der Waals surface area contributed by atoms with Crippen LogP contribution in [0.4, 0.5) is 0 Å². The van der Waals surface area contributed by atoms with Gasteiger partial charge in [0.1, 0.15) is 0 Å². The van der Waals surface area contributed by atoms with E-state index in [-0.39, 0.29) is 0 Å². The van der Waals surface area contributed by atoms with Gasteiger partial charge in [-0.1, -0.05) is 59.9 Å². The minimum Gasteiger partial charge on any atom is -0.0921 e. The summed E-state index contributed by atoms with van der Waals surface area (Å²) >= 11 is 9.58. The highest BCUT2D eigenvalue weighted by molar-refractivity contribution is 9.09. The molecule has 1 atom stereocenters. The fourth-order valence-electron chi connectivity index (χ4n) is 1.63. The van der Waals surface area contributed by atoms with Gasteiger partial charge in [-0.05, 0) is 36.0 Å². The molecule has 1 aromatic carbocycles. The molecule has 0 nitrogen and oxygen atoms in total. The Balaban J connectivity index is 2.65. The first-order chi connectivity index (χ1) is 7.13. The average molecular weight is 290 g/mol. The summed E-state index contributed by atoms with van der Waals surface area (Å²) in [5.74, 6) is 1.36. The molecule has 15 heavy (non-hydrogen) atoms. The third-order valence-electron chi connectivity index (χ3n) is 2.60. The van der Waals surface area contributed by atoms with Crippen molar-refractivity contribution in [2.75, 3.05) is 5.33 Å². The van der Waals surface area contributed by atoms with Crippen LogP contribution in [0, 0.1) is 5.92 Å². The first kappa shape index (κ1) is 13.1. The third kappa shape index (κ3) is 4.56. The predicted octanol–water partition coefficient (Wildman–Crippen LogP) is 5.25. The maximum atomic E-state index is 5.99. The van der Waals surface area contributed by atoms with Gasteiger partial charge in [-0.3, -0.25) is 0 Å². The second-order valence-electron chi connectivity index (χ2n) is 4.38. The Morgan fingerprint density at radius 1 is 1.27 bits per heavy atom. The molecule has 0 N–H and O–H groups in total. The summed E-state index contributed by atoms with van der Waals surface area (Å²) < 4.78 is 0. The van der Waals surface area contributed by atoms with Gasteiger partial charge in [-0.25, -0.2) is 0 Å². The smallest absolute Gasteiger partial charge is 0.0408 e. The Hall–Kier alpha value is -0.0100. The Morgan fingerprint density at radius 3 is 2.53 bits per heavy atom. The SMILES string of the molecule is CC(C)CCC(CBr)c1cccc(Cl)c1. The number of halogens is 2. The zero-order valence-electron chi connectivity index (χ0n) is 9.34. The molecule has 0 heterocycles. The molecule has 1 rings (SSSR count). The third-order valence-corrected chi connectivity index (χ3v) is 3.62. The van der Waals surface area contributed by atoms with Crippen LogP contribution in [0.5, 0.6) is 0 Å². The van der Waals surface area contributed by atoms with Crippen LogP contribution < -0.4 is 0 Å². The van der Waals surface area contributed by atoms with Crippen molar-refractivity contribution < 1.29 is 0 Å². The van der Waals surface area contributed by atoms with Crippen LogP contribution in [0.3, 0.4) is 0 Å². The van der Waals surface area contributed by atoms with E-state index in [1.165, 1.54) is 18.4 Å². The maximum absolute atomic E-state index is 5.99. The van der Waals surface area contributed by atoms with Crippen LogP contribution in [-0.4, -0.2) is 5.33 Å². The van der Waals surface area contributed by atoms with Gasteiger partial charge < -0.3 is 0 Å². The maximum Gasteiger partial charge on any atom is 0.0408 e. The van der Waals surface area contributed by atoms with Crippen molar-refractivity contribution in [2.45, 2.75) is 32.6 Å². The molecule has 0 saturated carbocycles. The first-order valence-electron chi connectivity index (χ1n) is 5.45. The van der Waals surface area contributed by atoms with Crippen molar-refractivity contribution in [2.24, 2.45) is 5.92 Å². The minimum atomic E-state index is 0.589. The molecule has 84 valence electrons. The first-order valence-corrected chi connectivity index (χ1v) is 6.95. The minimum absolute atomic E-state index is 0.589. The van der Waals surface area contributed by atoms with Crippen LogP contribution in [0.2, 0.25) is 5.02 Å². The van der Waals surface area contributed by atoms with Gasteiger partial charge in [0.2, 0.25) is 0 Å². The Labute approximate surface area is 106 Å². The molecule has 0 fully saturated rings. The summed E-state index contributed by atoms with van der Waals surface area (Å²) in [5.41, 5.74) is 1.35. The van der Waals surface area contributed by atoms with E-state index in [9.17, 15) is 0 Å². The van der Waals surface area contributed by atoms with Gasteiger partial charge in [-0.2, -0.15) is 0 Å². The van der Waals surface area contributed by atoms with Crippen molar-refractivity contribution >= 4 is 27.5 Å². The fraction of sp³-hybridized carbons (Fsp3) is 0.538. The highest BCUT2D eigenvalue weighted by atomic mass is 79.9. The Morgan fingerprint density at radius 2 is 2.00 bits per heavy atom. The van der Waals surface area contributed by atoms with Crippen LogP contribution in [0.15, 0.2) is 24.3 Å². The summed E-state index contributed by atoms with van der Waals surface area (Å²) in [6, 6.07) is 8.20. The van der Waals surface area contributed by atoms with E-state index < -0.39 is 0 Å². The Bertz CT molecular complexity index is 296. The van der Waals surface area contributed by atoms with E-state index in [0.717, 1.165) is 16.3 Å². The van der Waals surface area contributed by atoms with Gasteiger partial charge in [0.05, 0.1) is 0 Å². The van der Waals surface area contributed by atoms with Crippen molar-refractivity contribution in [3.05, 3.63) is 34.9 Å². The molecular weight excluding hydrogens is 272 g/mol. The average Bonchev–Trinajstić information content (AvgIpc) is 2.18. The number of benzene rings is 1. The van der Waals surface area contributed by atoms with Gasteiger partial charge in [0.15, 0.2) is 0 Å². The molecule has 0 aliphatic carbocycles. The number of hydrogen-bond donors (Lipinski definition) is 0. The Kier molecular flexibility index (Phi) is 5.70. The number of rotatable bonds is 5. The zero-order valence-corrected chi connectivity index (χ0v) is 11.7. The van der Waals surface area contributed by atoms with Crippen molar-refractivity contribution in [3.63, 3.8) is 0 Å². The predicted molar refractivity (Wildman–Crippen MR) is 72.1 cm³/mol. The lowest BCUT2D eigenvalue weighted by Crippen LogP contribution is -2.02. The summed E-state index contributed by atoms with van der Waals surface area (Å²) in [4.78, 5) is 0. The summed E-state index contributed by atoms with van der Waals surface area (Å²) in [6.45, 7) is 4.53. The summed E-state index contributed by atoms with van der Waals surface area (Å²) in [7, 11) is 0. The monoisotopic (exact) mass is 288 g/mol. The van der Waals surface area contributed by atoms with Crippen molar-refractivity contribution in [3.8, 4) is 0 Å². The molecule has 0 spiro atoms. The molecular formula is C13H18BrCl. The summed E-state index contributed by atoms with van der Waals surface area (Å²) in [6.07, 6.45) is 2.49. The van der Waals surface area contributed by atoms with Crippen LogP contribution in [-0.2, 0) is 0 Å². The molecule has 0 aliphatic heterocycles. The summed E-state index contributed by atoms with van der Waals surface area (Å²) in [5, 5.41) is 1.85. The lowest BCUT2D eigenvalue weighted by Gasteiger charge is -2.16. The van der Waals surface area contributed by atoms with E-state index in [2.05, 4.69) is 41.9 Å². The van der Waals surface area contributed by atoms with Crippen LogP contribution in [0.1, 0.15) is 38.2 Å². The van der Waals surface area contributed by atoms with Gasteiger partial charge in [0, 0.05) is 10.4 Å². The lowest BCUT2D eigenvalue weighted by molar-refractivity contribution is 0.521. The molecule has 0 aromatic heterocycles. The molecule has 0 amide bonds. The van der Waals surface area contributed by atoms with Gasteiger partial charge in [-0.15, -0.1) is 0 Å². The molecule has 1 unspecified atom stereocenters. The number of alkyl halides is 1. The van der Waals surface area contributed by atoms with Crippen molar-refractivity contribution in [1.82, 2.24) is 0 Å². The fourth-order valence-corrected chi connectivity index (χ4v) is 2.52. The topological polar surface area (TPSA) is 0 Å². The quantitative estimate of drug-likeness (QED) is 0.649.